The fraction of sp³-hybridized carbons (Fsp3) is 0.250. The van der Waals surface area contributed by atoms with Gasteiger partial charge in [-0.3, -0.25) is 0 Å². The SMILES string of the molecule is CC(C)(C)c1ccc2c(c1)Oc1ccccc1O2. The molecule has 0 saturated heterocycles. The van der Waals surface area contributed by atoms with Crippen LogP contribution in [0.15, 0.2) is 42.5 Å². The van der Waals surface area contributed by atoms with E-state index in [1.807, 2.05) is 30.3 Å². The third kappa shape index (κ3) is 1.84. The molecule has 1 heterocycles. The molecule has 0 unspecified atom stereocenters. The molecule has 0 atom stereocenters. The Hall–Kier alpha value is -1.96. The van der Waals surface area contributed by atoms with Crippen molar-refractivity contribution in [2.24, 2.45) is 0 Å². The molecule has 0 amide bonds. The van der Waals surface area contributed by atoms with E-state index in [2.05, 4.69) is 32.9 Å². The van der Waals surface area contributed by atoms with Crippen LogP contribution in [0.2, 0.25) is 0 Å². The number of fused-ring (bicyclic) bond motifs is 2. The summed E-state index contributed by atoms with van der Waals surface area (Å²) in [5, 5.41) is 0. The van der Waals surface area contributed by atoms with Crippen molar-refractivity contribution in [2.75, 3.05) is 0 Å². The molecule has 2 aromatic carbocycles. The maximum atomic E-state index is 5.89. The highest BCUT2D eigenvalue weighted by molar-refractivity contribution is 5.55. The summed E-state index contributed by atoms with van der Waals surface area (Å²) >= 11 is 0. The molecule has 2 aromatic rings. The van der Waals surface area contributed by atoms with Crippen molar-refractivity contribution >= 4 is 0 Å². The monoisotopic (exact) mass is 240 g/mol. The van der Waals surface area contributed by atoms with Crippen molar-refractivity contribution < 1.29 is 9.47 Å². The first-order valence-corrected chi connectivity index (χ1v) is 6.13. The maximum Gasteiger partial charge on any atom is 0.170 e. The van der Waals surface area contributed by atoms with Crippen LogP contribution in [-0.4, -0.2) is 0 Å². The molecule has 1 aliphatic heterocycles. The van der Waals surface area contributed by atoms with Crippen LogP contribution < -0.4 is 9.47 Å². The van der Waals surface area contributed by atoms with Gasteiger partial charge >= 0.3 is 0 Å². The van der Waals surface area contributed by atoms with Gasteiger partial charge in [-0.15, -0.1) is 0 Å². The van der Waals surface area contributed by atoms with Crippen LogP contribution in [0.5, 0.6) is 23.0 Å². The maximum absolute atomic E-state index is 5.89. The van der Waals surface area contributed by atoms with Crippen LogP contribution in [0, 0.1) is 0 Å². The van der Waals surface area contributed by atoms with Crippen LogP contribution in [0.25, 0.3) is 0 Å². The molecule has 2 nitrogen and oxygen atoms in total. The second-order valence-electron chi connectivity index (χ2n) is 5.56. The lowest BCUT2D eigenvalue weighted by Crippen LogP contribution is -2.11. The topological polar surface area (TPSA) is 18.5 Å². The summed E-state index contributed by atoms with van der Waals surface area (Å²) in [6.07, 6.45) is 0. The van der Waals surface area contributed by atoms with Crippen LogP contribution in [0.3, 0.4) is 0 Å². The van der Waals surface area contributed by atoms with Crippen molar-refractivity contribution in [1.29, 1.82) is 0 Å². The van der Waals surface area contributed by atoms with Gasteiger partial charge in [-0.2, -0.15) is 0 Å². The van der Waals surface area contributed by atoms with E-state index in [-0.39, 0.29) is 5.41 Å². The van der Waals surface area contributed by atoms with Gasteiger partial charge in [0.05, 0.1) is 0 Å². The zero-order valence-electron chi connectivity index (χ0n) is 10.9. The number of para-hydroxylation sites is 2. The Morgan fingerprint density at radius 2 is 1.28 bits per heavy atom. The largest absolute Gasteiger partial charge is 0.450 e. The Balaban J connectivity index is 2.04. The van der Waals surface area contributed by atoms with E-state index in [4.69, 9.17) is 9.47 Å². The van der Waals surface area contributed by atoms with Crippen LogP contribution in [0.4, 0.5) is 0 Å². The molecule has 0 saturated carbocycles. The first-order valence-electron chi connectivity index (χ1n) is 6.13. The summed E-state index contributed by atoms with van der Waals surface area (Å²) in [7, 11) is 0. The van der Waals surface area contributed by atoms with Gasteiger partial charge in [-0.25, -0.2) is 0 Å². The average Bonchev–Trinajstić information content (AvgIpc) is 2.34. The molecule has 92 valence electrons. The Kier molecular flexibility index (Phi) is 2.34. The highest BCUT2D eigenvalue weighted by atomic mass is 16.6. The minimum Gasteiger partial charge on any atom is -0.450 e. The van der Waals surface area contributed by atoms with Gasteiger partial charge in [0.1, 0.15) is 0 Å². The lowest BCUT2D eigenvalue weighted by Gasteiger charge is -2.24. The third-order valence-electron chi connectivity index (χ3n) is 3.10. The summed E-state index contributed by atoms with van der Waals surface area (Å²) in [6, 6.07) is 13.8. The highest BCUT2D eigenvalue weighted by Gasteiger charge is 2.21. The fourth-order valence-corrected chi connectivity index (χ4v) is 1.99. The molecule has 1 aliphatic rings. The summed E-state index contributed by atoms with van der Waals surface area (Å²) in [4.78, 5) is 0. The molecule has 0 spiro atoms. The van der Waals surface area contributed by atoms with E-state index in [0.717, 1.165) is 23.0 Å². The second kappa shape index (κ2) is 3.77. The molecule has 0 radical (unpaired) electrons. The Bertz CT molecular complexity index is 594. The van der Waals surface area contributed by atoms with E-state index in [1.165, 1.54) is 5.56 Å². The second-order valence-corrected chi connectivity index (χ2v) is 5.56. The summed E-state index contributed by atoms with van der Waals surface area (Å²) < 4.78 is 11.7. The predicted molar refractivity (Wildman–Crippen MR) is 71.7 cm³/mol. The molecule has 0 aliphatic carbocycles. The van der Waals surface area contributed by atoms with E-state index in [9.17, 15) is 0 Å². The molecule has 2 heteroatoms. The molecular formula is C16H16O2. The number of rotatable bonds is 0. The fourth-order valence-electron chi connectivity index (χ4n) is 1.99. The van der Waals surface area contributed by atoms with Gasteiger partial charge in [0.2, 0.25) is 0 Å². The Labute approximate surface area is 107 Å². The van der Waals surface area contributed by atoms with Gasteiger partial charge in [-0.05, 0) is 35.2 Å². The van der Waals surface area contributed by atoms with E-state index >= 15 is 0 Å². The van der Waals surface area contributed by atoms with Crippen molar-refractivity contribution in [1.82, 2.24) is 0 Å². The molecule has 0 aromatic heterocycles. The molecule has 0 bridgehead atoms. The normalized spacial score (nSPS) is 13.1. The zero-order valence-corrected chi connectivity index (χ0v) is 10.9. The van der Waals surface area contributed by atoms with E-state index < -0.39 is 0 Å². The van der Waals surface area contributed by atoms with Gasteiger partial charge < -0.3 is 9.47 Å². The smallest absolute Gasteiger partial charge is 0.170 e. The predicted octanol–water partition coefficient (Wildman–Crippen LogP) is 4.88. The minimum absolute atomic E-state index is 0.107. The zero-order chi connectivity index (χ0) is 12.8. The number of benzene rings is 2. The Morgan fingerprint density at radius 3 is 1.89 bits per heavy atom. The average molecular weight is 240 g/mol. The van der Waals surface area contributed by atoms with Crippen LogP contribution in [0.1, 0.15) is 26.3 Å². The van der Waals surface area contributed by atoms with Crippen molar-refractivity contribution in [3.05, 3.63) is 48.0 Å². The van der Waals surface area contributed by atoms with Crippen molar-refractivity contribution in [2.45, 2.75) is 26.2 Å². The molecule has 0 N–H and O–H groups in total. The van der Waals surface area contributed by atoms with Crippen LogP contribution in [-0.2, 0) is 5.41 Å². The van der Waals surface area contributed by atoms with Crippen molar-refractivity contribution in [3.8, 4) is 23.0 Å². The minimum atomic E-state index is 0.107. The summed E-state index contributed by atoms with van der Waals surface area (Å²) in [5.74, 6) is 3.12. The lowest BCUT2D eigenvalue weighted by molar-refractivity contribution is 0.358. The lowest BCUT2D eigenvalue weighted by atomic mass is 9.87. The molecule has 18 heavy (non-hydrogen) atoms. The quantitative estimate of drug-likeness (QED) is 0.557. The first kappa shape index (κ1) is 11.1. The standard InChI is InChI=1S/C16H16O2/c1-16(2,3)11-8-9-14-15(10-11)18-13-7-5-4-6-12(13)17-14/h4-10H,1-3H3. The number of hydrogen-bond donors (Lipinski definition) is 0. The third-order valence-corrected chi connectivity index (χ3v) is 3.10. The van der Waals surface area contributed by atoms with Gasteiger partial charge in [-0.1, -0.05) is 39.0 Å². The number of hydrogen-bond acceptors (Lipinski definition) is 2. The summed E-state index contributed by atoms with van der Waals surface area (Å²) in [5.41, 5.74) is 1.35. The van der Waals surface area contributed by atoms with Crippen molar-refractivity contribution in [3.63, 3.8) is 0 Å². The highest BCUT2D eigenvalue weighted by Crippen LogP contribution is 2.46. The summed E-state index contributed by atoms with van der Waals surface area (Å²) in [6.45, 7) is 6.56. The van der Waals surface area contributed by atoms with E-state index in [0.29, 0.717) is 0 Å². The number of ether oxygens (including phenoxy) is 2. The molecule has 3 rings (SSSR count). The first-order chi connectivity index (χ1) is 8.54. The Morgan fingerprint density at radius 1 is 0.722 bits per heavy atom. The molecular weight excluding hydrogens is 224 g/mol. The van der Waals surface area contributed by atoms with Gasteiger partial charge in [0.15, 0.2) is 23.0 Å². The van der Waals surface area contributed by atoms with E-state index in [1.54, 1.807) is 0 Å². The van der Waals surface area contributed by atoms with Gasteiger partial charge in [0, 0.05) is 0 Å². The van der Waals surface area contributed by atoms with Gasteiger partial charge in [0.25, 0.3) is 0 Å². The molecule has 0 fully saturated rings. The van der Waals surface area contributed by atoms with Crippen LogP contribution >= 0.6 is 0 Å².